The minimum absolute atomic E-state index is 0.0350. The number of fused-ring (bicyclic) bond motifs is 1. The molecule has 3 heterocycles. The molecule has 0 bridgehead atoms. The highest BCUT2D eigenvalue weighted by molar-refractivity contribution is 6.20. The zero-order valence-corrected chi connectivity index (χ0v) is 14.9. The molecule has 0 atom stereocenters. The number of pyridine rings is 1. The van der Waals surface area contributed by atoms with Crippen LogP contribution in [0.2, 0.25) is 0 Å². The fourth-order valence-electron chi connectivity index (χ4n) is 3.54. The molecule has 2 aliphatic heterocycles. The van der Waals surface area contributed by atoms with Gasteiger partial charge in [0.25, 0.3) is 11.8 Å². The van der Waals surface area contributed by atoms with Crippen LogP contribution in [0.3, 0.4) is 0 Å². The van der Waals surface area contributed by atoms with Crippen LogP contribution in [0.25, 0.3) is 0 Å². The molecule has 0 spiro atoms. The highest BCUT2D eigenvalue weighted by Crippen LogP contribution is 2.21. The number of nitrogens with zero attached hydrogens (tertiary/aromatic N) is 4. The third-order valence-electron chi connectivity index (χ3n) is 5.03. The molecule has 0 unspecified atom stereocenters. The maximum absolute atomic E-state index is 12.5. The van der Waals surface area contributed by atoms with Crippen LogP contribution in [-0.4, -0.2) is 65.2 Å². The summed E-state index contributed by atoms with van der Waals surface area (Å²) >= 11 is 0. The first kappa shape index (κ1) is 17.2. The van der Waals surface area contributed by atoms with Crippen LogP contribution in [0.5, 0.6) is 0 Å². The number of hydrogen-bond acceptors (Lipinski definition) is 5. The van der Waals surface area contributed by atoms with Crippen LogP contribution in [0.4, 0.5) is 5.69 Å². The second-order valence-electron chi connectivity index (χ2n) is 6.61. The minimum atomic E-state index is -0.419. The predicted octanol–water partition coefficient (Wildman–Crippen LogP) is 1.42. The molecule has 1 aromatic heterocycles. The molecular weight excluding hydrogens is 344 g/mol. The van der Waals surface area contributed by atoms with E-state index in [9.17, 15) is 14.4 Å². The zero-order chi connectivity index (χ0) is 18.8. The summed E-state index contributed by atoms with van der Waals surface area (Å²) < 4.78 is 0. The number of benzene rings is 1. The molecule has 0 N–H and O–H groups in total. The third kappa shape index (κ3) is 3.28. The van der Waals surface area contributed by atoms with Crippen molar-refractivity contribution in [3.63, 3.8) is 0 Å². The van der Waals surface area contributed by atoms with Gasteiger partial charge in [0, 0.05) is 51.0 Å². The van der Waals surface area contributed by atoms with Crippen LogP contribution in [-0.2, 0) is 4.79 Å². The summed E-state index contributed by atoms with van der Waals surface area (Å²) in [5, 5.41) is 0. The van der Waals surface area contributed by atoms with Crippen molar-refractivity contribution < 1.29 is 14.4 Å². The molecule has 2 aromatic rings. The van der Waals surface area contributed by atoms with Crippen molar-refractivity contribution in [3.05, 3.63) is 59.9 Å². The lowest BCUT2D eigenvalue weighted by Gasteiger charge is -2.36. The van der Waals surface area contributed by atoms with Crippen LogP contribution in [0, 0.1) is 0 Å². The molecule has 1 saturated heterocycles. The molecule has 0 aliphatic carbocycles. The highest BCUT2D eigenvalue weighted by Gasteiger charge is 2.36. The van der Waals surface area contributed by atoms with Crippen molar-refractivity contribution in [1.82, 2.24) is 14.8 Å². The van der Waals surface area contributed by atoms with Gasteiger partial charge in [-0.2, -0.15) is 0 Å². The van der Waals surface area contributed by atoms with Gasteiger partial charge < -0.3 is 9.80 Å². The lowest BCUT2D eigenvalue weighted by Crippen LogP contribution is -2.49. The van der Waals surface area contributed by atoms with E-state index in [1.165, 1.54) is 6.20 Å². The van der Waals surface area contributed by atoms with Gasteiger partial charge in [-0.05, 0) is 24.3 Å². The summed E-state index contributed by atoms with van der Waals surface area (Å²) in [6.07, 6.45) is 1.63. The smallest absolute Gasteiger partial charge is 0.280 e. The minimum Gasteiger partial charge on any atom is -0.368 e. The lowest BCUT2D eigenvalue weighted by atomic mass is 10.2. The Morgan fingerprint density at radius 2 is 1.67 bits per heavy atom. The summed E-state index contributed by atoms with van der Waals surface area (Å²) in [4.78, 5) is 46.3. The number of aromatic nitrogens is 1. The van der Waals surface area contributed by atoms with Gasteiger partial charge in [0.2, 0.25) is 5.91 Å². The molecule has 138 valence electrons. The van der Waals surface area contributed by atoms with E-state index in [0.717, 1.165) is 23.7 Å². The molecule has 0 radical (unpaired) electrons. The first-order valence-electron chi connectivity index (χ1n) is 9.04. The molecule has 3 amide bonds. The van der Waals surface area contributed by atoms with Gasteiger partial charge in [-0.15, -0.1) is 0 Å². The van der Waals surface area contributed by atoms with Gasteiger partial charge in [0.05, 0.1) is 5.56 Å². The molecule has 27 heavy (non-hydrogen) atoms. The third-order valence-corrected chi connectivity index (χ3v) is 5.03. The van der Waals surface area contributed by atoms with E-state index in [2.05, 4.69) is 22.0 Å². The largest absolute Gasteiger partial charge is 0.368 e. The summed E-state index contributed by atoms with van der Waals surface area (Å²) in [6, 6.07) is 13.3. The standard InChI is InChI=1S/C20H20N4O3/c25-17(23-13-11-22(12-14-23)15-5-2-1-3-6-15)8-10-24-19(26)16-7-4-9-21-18(16)20(24)27/h1-7,9H,8,10-14H2. The first-order chi connectivity index (χ1) is 13.1. The van der Waals surface area contributed by atoms with E-state index in [4.69, 9.17) is 0 Å². The van der Waals surface area contributed by atoms with Crippen molar-refractivity contribution >= 4 is 23.4 Å². The first-order valence-corrected chi connectivity index (χ1v) is 9.04. The molecule has 4 rings (SSSR count). The number of imide groups is 1. The fraction of sp³-hybridized carbons (Fsp3) is 0.300. The number of hydrogen-bond donors (Lipinski definition) is 0. The van der Waals surface area contributed by atoms with Crippen molar-refractivity contribution in [2.75, 3.05) is 37.6 Å². The van der Waals surface area contributed by atoms with Gasteiger partial charge in [-0.25, -0.2) is 0 Å². The van der Waals surface area contributed by atoms with Gasteiger partial charge in [-0.1, -0.05) is 18.2 Å². The Morgan fingerprint density at radius 3 is 2.37 bits per heavy atom. The van der Waals surface area contributed by atoms with Crippen LogP contribution >= 0.6 is 0 Å². The van der Waals surface area contributed by atoms with E-state index in [0.29, 0.717) is 18.7 Å². The van der Waals surface area contributed by atoms with Gasteiger partial charge in [0.15, 0.2) is 0 Å². The summed E-state index contributed by atoms with van der Waals surface area (Å²) in [5.74, 6) is -0.825. The van der Waals surface area contributed by atoms with Crippen molar-refractivity contribution in [1.29, 1.82) is 0 Å². The van der Waals surface area contributed by atoms with E-state index < -0.39 is 5.91 Å². The van der Waals surface area contributed by atoms with Crippen LogP contribution < -0.4 is 4.90 Å². The average Bonchev–Trinajstić information content (AvgIpc) is 2.97. The Hall–Kier alpha value is -3.22. The van der Waals surface area contributed by atoms with E-state index in [1.807, 2.05) is 18.2 Å². The van der Waals surface area contributed by atoms with Gasteiger partial charge >= 0.3 is 0 Å². The monoisotopic (exact) mass is 364 g/mol. The predicted molar refractivity (Wildman–Crippen MR) is 99.5 cm³/mol. The van der Waals surface area contributed by atoms with E-state index >= 15 is 0 Å². The Morgan fingerprint density at radius 1 is 0.926 bits per heavy atom. The zero-order valence-electron chi connectivity index (χ0n) is 14.9. The topological polar surface area (TPSA) is 73.8 Å². The average molecular weight is 364 g/mol. The number of rotatable bonds is 4. The summed E-state index contributed by atoms with van der Waals surface area (Å²) in [7, 11) is 0. The van der Waals surface area contributed by atoms with Crippen LogP contribution in [0.15, 0.2) is 48.7 Å². The number of carbonyl (C=O) groups excluding carboxylic acids is 3. The van der Waals surface area contributed by atoms with Crippen molar-refractivity contribution in [2.45, 2.75) is 6.42 Å². The summed E-state index contributed by atoms with van der Waals surface area (Å²) in [6.45, 7) is 2.90. The molecule has 1 aromatic carbocycles. The second kappa shape index (κ2) is 7.19. The maximum atomic E-state index is 12.5. The molecule has 0 saturated carbocycles. The molecule has 7 heteroatoms. The molecule has 7 nitrogen and oxygen atoms in total. The number of carbonyl (C=O) groups is 3. The van der Waals surface area contributed by atoms with Crippen molar-refractivity contribution in [3.8, 4) is 0 Å². The number of piperazine rings is 1. The Bertz CT molecular complexity index is 841. The Kier molecular flexibility index (Phi) is 4.58. The van der Waals surface area contributed by atoms with E-state index in [1.54, 1.807) is 17.0 Å². The quantitative estimate of drug-likeness (QED) is 0.767. The summed E-state index contributed by atoms with van der Waals surface area (Å²) in [5.41, 5.74) is 1.64. The van der Waals surface area contributed by atoms with Gasteiger partial charge in [-0.3, -0.25) is 24.3 Å². The second-order valence-corrected chi connectivity index (χ2v) is 6.61. The molecule has 1 fully saturated rings. The lowest BCUT2D eigenvalue weighted by molar-refractivity contribution is -0.131. The highest BCUT2D eigenvalue weighted by atomic mass is 16.2. The molecular formula is C20H20N4O3. The number of amides is 3. The number of anilines is 1. The Balaban J connectivity index is 1.31. The van der Waals surface area contributed by atoms with Gasteiger partial charge in [0.1, 0.15) is 5.69 Å². The fourth-order valence-corrected chi connectivity index (χ4v) is 3.54. The van der Waals surface area contributed by atoms with Crippen LogP contribution in [0.1, 0.15) is 27.3 Å². The maximum Gasteiger partial charge on any atom is 0.280 e. The van der Waals surface area contributed by atoms with Crippen molar-refractivity contribution in [2.24, 2.45) is 0 Å². The SMILES string of the molecule is O=C(CCN1C(=O)c2cccnc2C1=O)N1CCN(c2ccccc2)CC1. The van der Waals surface area contributed by atoms with E-state index in [-0.39, 0.29) is 30.5 Å². The normalized spacial score (nSPS) is 16.7. The molecule has 2 aliphatic rings. The Labute approximate surface area is 157 Å². The number of para-hydroxylation sites is 1.